The maximum absolute atomic E-state index is 11.9. The number of rotatable bonds is 7. The third kappa shape index (κ3) is 5.81. The molecule has 0 radical (unpaired) electrons. The van der Waals surface area contributed by atoms with E-state index in [2.05, 4.69) is 5.32 Å². The van der Waals surface area contributed by atoms with Gasteiger partial charge in [0.05, 0.1) is 5.02 Å². The van der Waals surface area contributed by atoms with Crippen LogP contribution in [0.2, 0.25) is 10.0 Å². The summed E-state index contributed by atoms with van der Waals surface area (Å²) in [5.41, 5.74) is 0. The predicted molar refractivity (Wildman–Crippen MR) is 81.0 cm³/mol. The van der Waals surface area contributed by atoms with Crippen molar-refractivity contribution < 1.29 is 19.4 Å². The Kier molecular flexibility index (Phi) is 6.78. The predicted octanol–water partition coefficient (Wildman–Crippen LogP) is 3.13. The van der Waals surface area contributed by atoms with Crippen molar-refractivity contribution in [2.75, 3.05) is 0 Å². The molecular weight excluding hydrogens is 317 g/mol. The highest BCUT2D eigenvalue weighted by atomic mass is 35.5. The third-order valence-electron chi connectivity index (χ3n) is 2.77. The SMILES string of the molecule is CC(CCC(=O)O)NC(=O)C(C)Oc1cccc(Cl)c1Cl. The van der Waals surface area contributed by atoms with Crippen LogP contribution in [0.5, 0.6) is 5.75 Å². The maximum atomic E-state index is 11.9. The number of hydrogen-bond donors (Lipinski definition) is 2. The Bertz CT molecular complexity index is 522. The summed E-state index contributed by atoms with van der Waals surface area (Å²) in [5, 5.41) is 11.9. The molecule has 5 nitrogen and oxygen atoms in total. The Morgan fingerprint density at radius 2 is 2.00 bits per heavy atom. The van der Waals surface area contributed by atoms with Crippen LogP contribution >= 0.6 is 23.2 Å². The van der Waals surface area contributed by atoms with E-state index in [1.165, 1.54) is 0 Å². The van der Waals surface area contributed by atoms with Crippen molar-refractivity contribution in [3.05, 3.63) is 28.2 Å². The Labute approximate surface area is 133 Å². The van der Waals surface area contributed by atoms with Gasteiger partial charge in [-0.2, -0.15) is 0 Å². The largest absolute Gasteiger partial charge is 0.481 e. The number of halogens is 2. The lowest BCUT2D eigenvalue weighted by Gasteiger charge is -2.19. The van der Waals surface area contributed by atoms with E-state index in [4.69, 9.17) is 33.0 Å². The molecule has 116 valence electrons. The second kappa shape index (κ2) is 8.10. The lowest BCUT2D eigenvalue weighted by Crippen LogP contribution is -2.41. The lowest BCUT2D eigenvalue weighted by atomic mass is 10.2. The van der Waals surface area contributed by atoms with Crippen LogP contribution in [0.3, 0.4) is 0 Å². The Morgan fingerprint density at radius 1 is 1.33 bits per heavy atom. The fraction of sp³-hybridized carbons (Fsp3) is 0.429. The normalized spacial score (nSPS) is 13.3. The highest BCUT2D eigenvalue weighted by Crippen LogP contribution is 2.32. The summed E-state index contributed by atoms with van der Waals surface area (Å²) in [6, 6.07) is 4.65. The minimum Gasteiger partial charge on any atom is -0.481 e. The van der Waals surface area contributed by atoms with Crippen molar-refractivity contribution in [3.8, 4) is 5.75 Å². The number of hydrogen-bond acceptors (Lipinski definition) is 3. The average molecular weight is 334 g/mol. The molecule has 1 amide bonds. The highest BCUT2D eigenvalue weighted by molar-refractivity contribution is 6.42. The summed E-state index contributed by atoms with van der Waals surface area (Å²) in [4.78, 5) is 22.4. The Hall–Kier alpha value is -1.46. The van der Waals surface area contributed by atoms with Crippen LogP contribution < -0.4 is 10.1 Å². The van der Waals surface area contributed by atoms with E-state index in [0.29, 0.717) is 17.2 Å². The van der Waals surface area contributed by atoms with E-state index in [0.717, 1.165) is 0 Å². The van der Waals surface area contributed by atoms with Crippen LogP contribution in [0.4, 0.5) is 0 Å². The van der Waals surface area contributed by atoms with Gasteiger partial charge in [0.2, 0.25) is 0 Å². The molecule has 0 bridgehead atoms. The number of benzene rings is 1. The van der Waals surface area contributed by atoms with Gasteiger partial charge in [-0.05, 0) is 32.4 Å². The average Bonchev–Trinajstić information content (AvgIpc) is 2.41. The Morgan fingerprint density at radius 3 is 2.62 bits per heavy atom. The minimum atomic E-state index is -0.897. The Balaban J connectivity index is 2.54. The summed E-state index contributed by atoms with van der Waals surface area (Å²) in [6.45, 7) is 3.32. The van der Waals surface area contributed by atoms with Gasteiger partial charge in [0.15, 0.2) is 6.10 Å². The molecule has 0 aliphatic carbocycles. The molecule has 1 aromatic rings. The van der Waals surface area contributed by atoms with Crippen molar-refractivity contribution in [1.82, 2.24) is 5.32 Å². The van der Waals surface area contributed by atoms with E-state index in [9.17, 15) is 9.59 Å². The molecule has 1 aromatic carbocycles. The molecule has 0 saturated heterocycles. The second-order valence-corrected chi connectivity index (χ2v) is 5.44. The quantitative estimate of drug-likeness (QED) is 0.803. The van der Waals surface area contributed by atoms with Gasteiger partial charge in [-0.1, -0.05) is 29.3 Å². The van der Waals surface area contributed by atoms with Crippen molar-refractivity contribution in [3.63, 3.8) is 0 Å². The summed E-state index contributed by atoms with van der Waals surface area (Å²) in [7, 11) is 0. The maximum Gasteiger partial charge on any atom is 0.303 e. The van der Waals surface area contributed by atoms with Crippen molar-refractivity contribution >= 4 is 35.1 Å². The number of nitrogens with one attached hydrogen (secondary N) is 1. The van der Waals surface area contributed by atoms with E-state index >= 15 is 0 Å². The summed E-state index contributed by atoms with van der Waals surface area (Å²) < 4.78 is 5.47. The fourth-order valence-electron chi connectivity index (χ4n) is 1.59. The highest BCUT2D eigenvalue weighted by Gasteiger charge is 2.19. The van der Waals surface area contributed by atoms with Gasteiger partial charge in [-0.15, -0.1) is 0 Å². The topological polar surface area (TPSA) is 75.6 Å². The number of amides is 1. The van der Waals surface area contributed by atoms with Gasteiger partial charge in [0, 0.05) is 12.5 Å². The van der Waals surface area contributed by atoms with Gasteiger partial charge >= 0.3 is 5.97 Å². The van der Waals surface area contributed by atoms with Gasteiger partial charge in [0.25, 0.3) is 5.91 Å². The summed E-state index contributed by atoms with van der Waals surface area (Å²) in [5.74, 6) is -0.917. The molecule has 0 spiro atoms. The molecule has 0 aromatic heterocycles. The molecule has 0 aliphatic rings. The van der Waals surface area contributed by atoms with E-state index in [1.54, 1.807) is 32.0 Å². The number of carbonyl (C=O) groups excluding carboxylic acids is 1. The smallest absolute Gasteiger partial charge is 0.303 e. The molecule has 1 rings (SSSR count). The molecule has 0 aliphatic heterocycles. The number of ether oxygens (including phenoxy) is 1. The molecule has 0 fully saturated rings. The van der Waals surface area contributed by atoms with Crippen LogP contribution in [-0.2, 0) is 9.59 Å². The van der Waals surface area contributed by atoms with E-state index in [-0.39, 0.29) is 23.4 Å². The van der Waals surface area contributed by atoms with Crippen LogP contribution in [0.1, 0.15) is 26.7 Å². The number of carbonyl (C=O) groups is 2. The lowest BCUT2D eigenvalue weighted by molar-refractivity contribution is -0.137. The molecule has 2 N–H and O–H groups in total. The fourth-order valence-corrected chi connectivity index (χ4v) is 1.93. The second-order valence-electron chi connectivity index (χ2n) is 4.65. The molecule has 2 atom stereocenters. The zero-order chi connectivity index (χ0) is 16.0. The number of carboxylic acids is 1. The van der Waals surface area contributed by atoms with Gasteiger partial charge in [-0.3, -0.25) is 9.59 Å². The zero-order valence-corrected chi connectivity index (χ0v) is 13.2. The van der Waals surface area contributed by atoms with Crippen LogP contribution in [-0.4, -0.2) is 29.1 Å². The molecule has 21 heavy (non-hydrogen) atoms. The van der Waals surface area contributed by atoms with E-state index < -0.39 is 12.1 Å². The number of carboxylic acid groups (broad SMARTS) is 1. The summed E-state index contributed by atoms with van der Waals surface area (Å²) in [6.07, 6.45) is -0.420. The zero-order valence-electron chi connectivity index (χ0n) is 11.7. The number of aliphatic carboxylic acids is 1. The molecule has 7 heteroatoms. The first-order chi connectivity index (χ1) is 9.81. The monoisotopic (exact) mass is 333 g/mol. The van der Waals surface area contributed by atoms with E-state index in [1.807, 2.05) is 0 Å². The third-order valence-corrected chi connectivity index (χ3v) is 3.57. The standard InChI is InChI=1S/C14H17Cl2NO4/c1-8(6-7-12(18)19)17-14(20)9(2)21-11-5-3-4-10(15)13(11)16/h3-5,8-9H,6-7H2,1-2H3,(H,17,20)(H,18,19). The first-order valence-electron chi connectivity index (χ1n) is 6.44. The first-order valence-corrected chi connectivity index (χ1v) is 7.19. The first kappa shape index (κ1) is 17.6. The molecule has 0 heterocycles. The molecular formula is C14H17Cl2NO4. The molecule has 0 saturated carbocycles. The molecule has 2 unspecified atom stereocenters. The van der Waals surface area contributed by atoms with Gasteiger partial charge in [0.1, 0.15) is 10.8 Å². The van der Waals surface area contributed by atoms with Crippen molar-refractivity contribution in [2.24, 2.45) is 0 Å². The van der Waals surface area contributed by atoms with Crippen molar-refractivity contribution in [2.45, 2.75) is 38.8 Å². The van der Waals surface area contributed by atoms with Crippen LogP contribution in [0, 0.1) is 0 Å². The van der Waals surface area contributed by atoms with Gasteiger partial charge < -0.3 is 15.2 Å². The van der Waals surface area contributed by atoms with Crippen molar-refractivity contribution in [1.29, 1.82) is 0 Å². The van der Waals surface area contributed by atoms with Gasteiger partial charge in [-0.25, -0.2) is 0 Å². The summed E-state index contributed by atoms with van der Waals surface area (Å²) >= 11 is 11.8. The van der Waals surface area contributed by atoms with Crippen LogP contribution in [0.25, 0.3) is 0 Å². The minimum absolute atomic E-state index is 0.00317. The van der Waals surface area contributed by atoms with Crippen LogP contribution in [0.15, 0.2) is 18.2 Å².